The Morgan fingerprint density at radius 1 is 1.00 bits per heavy atom. The monoisotopic (exact) mass is 364 g/mol. The first-order valence-electron chi connectivity index (χ1n) is 10.2. The van der Waals surface area contributed by atoms with Crippen molar-refractivity contribution in [2.24, 2.45) is 11.8 Å². The van der Waals surface area contributed by atoms with Gasteiger partial charge in [0.25, 0.3) is 0 Å². The van der Waals surface area contributed by atoms with Crippen molar-refractivity contribution in [2.75, 3.05) is 0 Å². The maximum atomic E-state index is 12.9. The van der Waals surface area contributed by atoms with Gasteiger partial charge in [-0.15, -0.1) is 0 Å². The summed E-state index contributed by atoms with van der Waals surface area (Å²) in [4.78, 5) is 12.9. The summed E-state index contributed by atoms with van der Waals surface area (Å²) in [6.07, 6.45) is 3.22. The lowest BCUT2D eigenvalue weighted by molar-refractivity contribution is -0.158. The molecule has 1 saturated carbocycles. The number of rotatable bonds is 5. The van der Waals surface area contributed by atoms with Crippen LogP contribution in [0, 0.1) is 11.8 Å². The highest BCUT2D eigenvalue weighted by Gasteiger charge is 2.42. The molecule has 144 valence electrons. The maximum Gasteiger partial charge on any atom is 0.313 e. The molecule has 2 aromatic carbocycles. The van der Waals surface area contributed by atoms with Crippen LogP contribution in [0.5, 0.6) is 0 Å². The van der Waals surface area contributed by atoms with E-state index in [-0.39, 0.29) is 23.4 Å². The SMILES string of the molecule is CC1CCC(C(C)(C)c2ccccc2)C(OC(=O)C(C)c2ccccc2)C1. The Bertz CT molecular complexity index is 735. The van der Waals surface area contributed by atoms with Crippen molar-refractivity contribution in [3.8, 4) is 0 Å². The van der Waals surface area contributed by atoms with Gasteiger partial charge in [0.05, 0.1) is 5.92 Å². The molecule has 0 saturated heterocycles. The largest absolute Gasteiger partial charge is 0.462 e. The summed E-state index contributed by atoms with van der Waals surface area (Å²) in [6, 6.07) is 20.6. The van der Waals surface area contributed by atoms with Crippen molar-refractivity contribution in [1.82, 2.24) is 0 Å². The molecule has 1 aliphatic rings. The van der Waals surface area contributed by atoms with Gasteiger partial charge in [-0.1, -0.05) is 87.9 Å². The molecule has 2 aromatic rings. The van der Waals surface area contributed by atoms with Crippen molar-refractivity contribution < 1.29 is 9.53 Å². The van der Waals surface area contributed by atoms with Gasteiger partial charge in [0.15, 0.2) is 0 Å². The molecule has 4 atom stereocenters. The molecule has 0 spiro atoms. The van der Waals surface area contributed by atoms with E-state index < -0.39 is 0 Å². The van der Waals surface area contributed by atoms with Crippen LogP contribution in [0.25, 0.3) is 0 Å². The zero-order valence-electron chi connectivity index (χ0n) is 17.0. The number of benzene rings is 2. The Labute approximate surface area is 164 Å². The van der Waals surface area contributed by atoms with E-state index in [1.165, 1.54) is 12.0 Å². The van der Waals surface area contributed by atoms with Crippen LogP contribution in [-0.2, 0) is 14.9 Å². The fourth-order valence-electron chi connectivity index (χ4n) is 4.50. The molecular formula is C25H32O2. The number of hydrogen-bond donors (Lipinski definition) is 0. The van der Waals surface area contributed by atoms with Gasteiger partial charge in [-0.25, -0.2) is 0 Å². The molecule has 3 rings (SSSR count). The first-order valence-corrected chi connectivity index (χ1v) is 10.2. The summed E-state index contributed by atoms with van der Waals surface area (Å²) in [7, 11) is 0. The second-order valence-corrected chi connectivity index (χ2v) is 8.72. The average molecular weight is 365 g/mol. The van der Waals surface area contributed by atoms with E-state index in [1.54, 1.807) is 0 Å². The van der Waals surface area contributed by atoms with E-state index in [4.69, 9.17) is 4.74 Å². The van der Waals surface area contributed by atoms with Crippen LogP contribution < -0.4 is 0 Å². The predicted octanol–water partition coefficient (Wildman–Crippen LogP) is 6.12. The van der Waals surface area contributed by atoms with Crippen LogP contribution in [0.2, 0.25) is 0 Å². The molecule has 4 unspecified atom stereocenters. The lowest BCUT2D eigenvalue weighted by Gasteiger charge is -2.44. The molecule has 0 aromatic heterocycles. The smallest absolute Gasteiger partial charge is 0.313 e. The third-order valence-corrected chi connectivity index (χ3v) is 6.42. The summed E-state index contributed by atoms with van der Waals surface area (Å²) in [5, 5.41) is 0. The summed E-state index contributed by atoms with van der Waals surface area (Å²) in [5.41, 5.74) is 2.31. The van der Waals surface area contributed by atoms with Gasteiger partial charge in [0.2, 0.25) is 0 Å². The maximum absolute atomic E-state index is 12.9. The minimum atomic E-state index is -0.232. The predicted molar refractivity (Wildman–Crippen MR) is 111 cm³/mol. The molecule has 0 N–H and O–H groups in total. The molecule has 0 bridgehead atoms. The van der Waals surface area contributed by atoms with Gasteiger partial charge >= 0.3 is 5.97 Å². The van der Waals surface area contributed by atoms with Crippen LogP contribution in [-0.4, -0.2) is 12.1 Å². The third kappa shape index (κ3) is 4.43. The first-order chi connectivity index (χ1) is 12.9. The first kappa shape index (κ1) is 19.7. The number of hydrogen-bond acceptors (Lipinski definition) is 2. The minimum Gasteiger partial charge on any atom is -0.462 e. The molecule has 0 heterocycles. The number of carbonyl (C=O) groups excluding carboxylic acids is 1. The molecule has 2 heteroatoms. The highest BCUT2D eigenvalue weighted by molar-refractivity contribution is 5.77. The van der Waals surface area contributed by atoms with Crippen LogP contribution in [0.4, 0.5) is 0 Å². The van der Waals surface area contributed by atoms with Gasteiger partial charge in [-0.2, -0.15) is 0 Å². The zero-order valence-corrected chi connectivity index (χ0v) is 17.0. The van der Waals surface area contributed by atoms with E-state index >= 15 is 0 Å². The number of esters is 1. The van der Waals surface area contributed by atoms with Gasteiger partial charge in [0.1, 0.15) is 6.10 Å². The lowest BCUT2D eigenvalue weighted by Crippen LogP contribution is -2.44. The second kappa shape index (κ2) is 8.29. The van der Waals surface area contributed by atoms with Crippen LogP contribution >= 0.6 is 0 Å². The quantitative estimate of drug-likeness (QED) is 0.598. The van der Waals surface area contributed by atoms with Crippen molar-refractivity contribution in [1.29, 1.82) is 0 Å². The Kier molecular flexibility index (Phi) is 6.04. The highest BCUT2D eigenvalue weighted by Crippen LogP contribution is 2.44. The Hall–Kier alpha value is -2.09. The van der Waals surface area contributed by atoms with Gasteiger partial charge in [-0.3, -0.25) is 4.79 Å². The molecule has 0 aliphatic heterocycles. The fraction of sp³-hybridized carbons (Fsp3) is 0.480. The van der Waals surface area contributed by atoms with Gasteiger partial charge < -0.3 is 4.74 Å². The fourth-order valence-corrected chi connectivity index (χ4v) is 4.50. The Balaban J connectivity index is 1.79. The summed E-state index contributed by atoms with van der Waals surface area (Å²) >= 11 is 0. The van der Waals surface area contributed by atoms with Crippen LogP contribution in [0.3, 0.4) is 0 Å². The Morgan fingerprint density at radius 2 is 1.59 bits per heavy atom. The molecule has 1 fully saturated rings. The van der Waals surface area contributed by atoms with Crippen molar-refractivity contribution >= 4 is 5.97 Å². The highest BCUT2D eigenvalue weighted by atomic mass is 16.5. The molecule has 2 nitrogen and oxygen atoms in total. The van der Waals surface area contributed by atoms with Crippen molar-refractivity contribution in [3.05, 3.63) is 71.8 Å². The van der Waals surface area contributed by atoms with Crippen molar-refractivity contribution in [3.63, 3.8) is 0 Å². The molecule has 0 amide bonds. The lowest BCUT2D eigenvalue weighted by atomic mass is 9.64. The van der Waals surface area contributed by atoms with Crippen molar-refractivity contribution in [2.45, 2.75) is 64.4 Å². The van der Waals surface area contributed by atoms with E-state index in [9.17, 15) is 4.79 Å². The second-order valence-electron chi connectivity index (χ2n) is 8.72. The Morgan fingerprint density at radius 3 is 2.22 bits per heavy atom. The average Bonchev–Trinajstić information content (AvgIpc) is 2.68. The van der Waals surface area contributed by atoms with E-state index in [2.05, 4.69) is 51.1 Å². The standard InChI is InChI=1S/C25H32O2/c1-18-15-16-22(25(3,4)21-13-9-6-10-14-21)23(17-18)27-24(26)19(2)20-11-7-5-8-12-20/h5-14,18-19,22-23H,15-17H2,1-4H3. The van der Waals surface area contributed by atoms with E-state index in [0.29, 0.717) is 11.8 Å². The minimum absolute atomic E-state index is 0.0254. The van der Waals surface area contributed by atoms with Crippen LogP contribution in [0.1, 0.15) is 64.0 Å². The summed E-state index contributed by atoms with van der Waals surface area (Å²) in [6.45, 7) is 8.81. The van der Waals surface area contributed by atoms with Crippen LogP contribution in [0.15, 0.2) is 60.7 Å². The topological polar surface area (TPSA) is 26.3 Å². The molecule has 27 heavy (non-hydrogen) atoms. The normalized spacial score (nSPS) is 24.2. The summed E-state index contributed by atoms with van der Waals surface area (Å²) in [5.74, 6) is 0.596. The van der Waals surface area contributed by atoms with Gasteiger partial charge in [0, 0.05) is 5.92 Å². The third-order valence-electron chi connectivity index (χ3n) is 6.42. The molecule has 0 radical (unpaired) electrons. The molecular weight excluding hydrogens is 332 g/mol. The zero-order chi connectivity index (χ0) is 19.4. The van der Waals surface area contributed by atoms with E-state index in [0.717, 1.165) is 18.4 Å². The number of ether oxygens (including phenoxy) is 1. The van der Waals surface area contributed by atoms with Gasteiger partial charge in [-0.05, 0) is 42.2 Å². The number of carbonyl (C=O) groups is 1. The van der Waals surface area contributed by atoms with E-state index in [1.807, 2.05) is 37.3 Å². The molecule has 1 aliphatic carbocycles. The summed E-state index contributed by atoms with van der Waals surface area (Å²) < 4.78 is 6.16.